The van der Waals surface area contributed by atoms with Crippen LogP contribution in [0, 0.1) is 0 Å². The van der Waals surface area contributed by atoms with E-state index < -0.39 is 18.2 Å². The number of esters is 2. The number of hydrogen-bond acceptors (Lipinski definition) is 15. The normalized spacial score (nSPS) is 13.3. The third-order valence-electron chi connectivity index (χ3n) is 6.62. The van der Waals surface area contributed by atoms with E-state index >= 15 is 0 Å². The second-order valence-corrected chi connectivity index (χ2v) is 14.4. The molecule has 2 aliphatic carbocycles. The largest absolute Gasteiger partial charge is 1.00 e. The van der Waals surface area contributed by atoms with Crippen LogP contribution in [0.1, 0.15) is 111 Å². The molecule has 0 saturated heterocycles. The minimum atomic E-state index is -0.649. The van der Waals surface area contributed by atoms with Gasteiger partial charge >= 0.3 is 41.5 Å². The Balaban J connectivity index is 0.000000283. The fourth-order valence-corrected chi connectivity index (χ4v) is 8.51. The van der Waals surface area contributed by atoms with Crippen LogP contribution in [0.5, 0.6) is 0 Å². The van der Waals surface area contributed by atoms with E-state index in [1.165, 1.54) is 45.3 Å². The number of hydrogen-bond donors (Lipinski definition) is 1. The zero-order chi connectivity index (χ0) is 34.4. The summed E-state index contributed by atoms with van der Waals surface area (Å²) in [5.74, 6) is -1.09. The van der Waals surface area contributed by atoms with E-state index in [2.05, 4.69) is 20.7 Å². The number of aliphatic hydroxyl groups is 1. The number of halogens is 1. The summed E-state index contributed by atoms with van der Waals surface area (Å²) in [4.78, 5) is 74.0. The molecular weight excluding hydrogens is 792 g/mol. The number of aliphatic hydroxyl groups excluding tert-OH is 1. The summed E-state index contributed by atoms with van der Waals surface area (Å²) in [6.45, 7) is 7.51. The van der Waals surface area contributed by atoms with Gasteiger partial charge in [-0.2, -0.15) is 0 Å². The predicted molar refractivity (Wildman–Crippen MR) is 185 cm³/mol. The molecule has 256 valence electrons. The number of ketones is 4. The van der Waals surface area contributed by atoms with Crippen molar-refractivity contribution in [2.75, 3.05) is 25.2 Å². The molecule has 0 radical (unpaired) electrons. The molecule has 0 amide bonds. The van der Waals surface area contributed by atoms with Crippen LogP contribution >= 0.6 is 61.3 Å². The van der Waals surface area contributed by atoms with E-state index in [9.17, 15) is 33.9 Å². The van der Waals surface area contributed by atoms with E-state index in [1.807, 2.05) is 0 Å². The summed E-state index contributed by atoms with van der Waals surface area (Å²) in [6.07, 6.45) is -1.04. The molecule has 0 spiro atoms. The molecule has 0 saturated carbocycles. The summed E-state index contributed by atoms with van der Waals surface area (Å²) in [5, 5.41) is 13.3. The fourth-order valence-electron chi connectivity index (χ4n) is 4.40. The second kappa shape index (κ2) is 19.4. The molecule has 17 heteroatoms. The van der Waals surface area contributed by atoms with Crippen LogP contribution in [0.3, 0.4) is 0 Å². The molecule has 6 rings (SSSR count). The Morgan fingerprint density at radius 1 is 0.735 bits per heavy atom. The first kappa shape index (κ1) is 42.9. The standard InChI is InChI=1S/C16H14O5S2.C12H8O3S2.C4H7BrO2.Na.H2O/c1-3-20-12(17)7-21-8(2)11-6-10-13(18)9-4-5-22-15(9)14(19)16(10)23-11;1-5(13)8-4-7-9(14)6-2-3-16-11(6)10(15)12(7)17-8;1-2-7-4(6)3-5;;/h4-6,8H,3,7H2,1-2H3;2-5,13H,1H3;2-3H2,1H3;;1H2/q;;;+1;/p-1. The average molecular weight is 822 g/mol. The smallest absolute Gasteiger partial charge is 0.870 e. The number of thiophene rings is 4. The van der Waals surface area contributed by atoms with Crippen molar-refractivity contribution < 1.29 is 83.1 Å². The Kier molecular flexibility index (Phi) is 17.0. The topological polar surface area (TPSA) is 180 Å². The van der Waals surface area contributed by atoms with Gasteiger partial charge in [0.15, 0.2) is 11.6 Å². The molecule has 4 aromatic heterocycles. The third-order valence-corrected chi connectivity index (χ3v) is 11.5. The summed E-state index contributed by atoms with van der Waals surface area (Å²) in [7, 11) is 0. The molecule has 2 atom stereocenters. The van der Waals surface area contributed by atoms with Crippen LogP contribution in [0.25, 0.3) is 0 Å². The van der Waals surface area contributed by atoms with Crippen molar-refractivity contribution in [3.05, 3.63) is 86.5 Å². The van der Waals surface area contributed by atoms with Crippen LogP contribution in [-0.4, -0.2) is 70.8 Å². The quantitative estimate of drug-likeness (QED) is 0.135. The zero-order valence-corrected chi connectivity index (χ0v) is 33.9. The molecule has 2 unspecified atom stereocenters. The van der Waals surface area contributed by atoms with Crippen molar-refractivity contribution in [3.63, 3.8) is 0 Å². The number of alkyl halides is 1. The number of ether oxygens (including phenoxy) is 3. The van der Waals surface area contributed by atoms with Gasteiger partial charge in [0.05, 0.1) is 44.9 Å². The zero-order valence-electron chi connectivity index (χ0n) is 27.0. The maximum Gasteiger partial charge on any atom is 1.00 e. The maximum atomic E-state index is 12.5. The molecule has 4 heterocycles. The van der Waals surface area contributed by atoms with Gasteiger partial charge < -0.3 is 24.8 Å². The summed E-state index contributed by atoms with van der Waals surface area (Å²) in [6, 6.07) is 6.69. The van der Waals surface area contributed by atoms with Crippen LogP contribution in [0.4, 0.5) is 0 Å². The van der Waals surface area contributed by atoms with Crippen molar-refractivity contribution in [1.29, 1.82) is 0 Å². The van der Waals surface area contributed by atoms with E-state index in [0.717, 1.165) is 4.88 Å². The van der Waals surface area contributed by atoms with E-state index in [1.54, 1.807) is 62.7 Å². The molecular formula is C32H30BrNaO11S4. The first-order valence-electron chi connectivity index (χ1n) is 14.2. The predicted octanol–water partition coefficient (Wildman–Crippen LogP) is 3.64. The van der Waals surface area contributed by atoms with Gasteiger partial charge in [-0.3, -0.25) is 24.0 Å². The molecule has 0 aliphatic heterocycles. The number of carbonyl (C=O) groups is 6. The molecule has 0 bridgehead atoms. The van der Waals surface area contributed by atoms with Crippen molar-refractivity contribution >= 4 is 96.3 Å². The van der Waals surface area contributed by atoms with Gasteiger partial charge in [-0.1, -0.05) is 15.9 Å². The SMILES string of the molecule is CC(O)c1cc2c(s1)C(=O)c1sccc1C2=O.CCOC(=O)CBr.CCOC(=O)COC(C)c1cc2c(s1)C(=O)c1sccc1C2=O.[Na+].[OH-]. The Labute approximate surface area is 328 Å². The van der Waals surface area contributed by atoms with Crippen molar-refractivity contribution in [1.82, 2.24) is 0 Å². The van der Waals surface area contributed by atoms with Gasteiger partial charge in [-0.25, -0.2) is 4.79 Å². The fraction of sp³-hybridized carbons (Fsp3) is 0.312. The van der Waals surface area contributed by atoms with Crippen LogP contribution in [0.15, 0.2) is 35.0 Å². The van der Waals surface area contributed by atoms with Crippen molar-refractivity contribution in [2.45, 2.75) is 39.9 Å². The van der Waals surface area contributed by atoms with Crippen LogP contribution in [0.2, 0.25) is 0 Å². The minimum absolute atomic E-state index is 0. The molecule has 49 heavy (non-hydrogen) atoms. The maximum absolute atomic E-state index is 12.5. The molecule has 2 aliphatic rings. The van der Waals surface area contributed by atoms with Crippen LogP contribution < -0.4 is 29.6 Å². The van der Waals surface area contributed by atoms with Gasteiger partial charge in [0.25, 0.3) is 0 Å². The Morgan fingerprint density at radius 3 is 1.61 bits per heavy atom. The Morgan fingerprint density at radius 2 is 1.18 bits per heavy atom. The third kappa shape index (κ3) is 9.77. The second-order valence-electron chi connectivity index (χ2n) is 9.80. The summed E-state index contributed by atoms with van der Waals surface area (Å²) >= 11 is 7.97. The van der Waals surface area contributed by atoms with E-state index in [-0.39, 0.29) is 70.7 Å². The van der Waals surface area contributed by atoms with Gasteiger partial charge in [-0.05, 0) is 62.7 Å². The summed E-state index contributed by atoms with van der Waals surface area (Å²) in [5.41, 5.74) is 1.81. The van der Waals surface area contributed by atoms with Gasteiger partial charge in [0.1, 0.15) is 11.9 Å². The van der Waals surface area contributed by atoms with Crippen molar-refractivity contribution in [3.8, 4) is 0 Å². The number of fused-ring (bicyclic) bond motifs is 4. The average Bonchev–Trinajstić information content (AvgIpc) is 3.87. The van der Waals surface area contributed by atoms with Crippen LogP contribution in [-0.2, 0) is 23.8 Å². The first-order valence-corrected chi connectivity index (χ1v) is 18.7. The summed E-state index contributed by atoms with van der Waals surface area (Å²) < 4.78 is 14.8. The van der Waals surface area contributed by atoms with E-state index in [4.69, 9.17) is 9.47 Å². The van der Waals surface area contributed by atoms with E-state index in [0.29, 0.717) is 65.2 Å². The number of carbonyl (C=O) groups excluding carboxylic acids is 6. The first-order chi connectivity index (χ1) is 22.4. The minimum Gasteiger partial charge on any atom is -0.870 e. The Hall–Kier alpha value is -2.22. The number of rotatable bonds is 8. The Bertz CT molecular complexity index is 1740. The molecule has 4 aromatic rings. The molecule has 0 fully saturated rings. The monoisotopic (exact) mass is 820 g/mol. The van der Waals surface area contributed by atoms with Crippen molar-refractivity contribution in [2.24, 2.45) is 0 Å². The molecule has 11 nitrogen and oxygen atoms in total. The van der Waals surface area contributed by atoms with Gasteiger partial charge in [-0.15, -0.1) is 45.3 Å². The molecule has 0 aromatic carbocycles. The molecule has 2 N–H and O–H groups in total. The van der Waals surface area contributed by atoms with Gasteiger partial charge in [0, 0.05) is 32.0 Å². The van der Waals surface area contributed by atoms with Gasteiger partial charge in [0.2, 0.25) is 11.6 Å².